The lowest BCUT2D eigenvalue weighted by Crippen LogP contribution is -2.38. The summed E-state index contributed by atoms with van der Waals surface area (Å²) in [6, 6.07) is 13.1. The third kappa shape index (κ3) is 4.58. The van der Waals surface area contributed by atoms with E-state index in [1.54, 1.807) is 12.3 Å². The van der Waals surface area contributed by atoms with Crippen LogP contribution >= 0.6 is 0 Å². The number of aromatic amines is 1. The van der Waals surface area contributed by atoms with Gasteiger partial charge in [-0.2, -0.15) is 0 Å². The predicted octanol–water partition coefficient (Wildman–Crippen LogP) is 4.42. The molecule has 1 aromatic carbocycles. The number of carbonyl (C=O) groups excluding carboxylic acids is 1. The van der Waals surface area contributed by atoms with Crippen LogP contribution in [-0.2, 0) is 13.0 Å². The highest BCUT2D eigenvalue weighted by Gasteiger charge is 2.40. The highest BCUT2D eigenvalue weighted by molar-refractivity contribution is 5.93. The average molecular weight is 537 g/mol. The fraction of sp³-hybridized carbons (Fsp3) is 0.406. The predicted molar refractivity (Wildman–Crippen MR) is 151 cm³/mol. The van der Waals surface area contributed by atoms with E-state index < -0.39 is 12.2 Å². The molecule has 0 spiro atoms. The Bertz CT molecular complexity index is 1610. The summed E-state index contributed by atoms with van der Waals surface area (Å²) in [4.78, 5) is 28.7. The van der Waals surface area contributed by atoms with Crippen LogP contribution in [0.2, 0.25) is 0 Å². The molecule has 2 aliphatic heterocycles. The van der Waals surface area contributed by atoms with Crippen molar-refractivity contribution in [3.63, 3.8) is 0 Å². The van der Waals surface area contributed by atoms with Gasteiger partial charge in [-0.15, -0.1) is 0 Å². The molecule has 0 radical (unpaired) electrons. The van der Waals surface area contributed by atoms with Crippen LogP contribution in [0, 0.1) is 36.5 Å². The molecule has 4 aromatic rings. The molecule has 3 aromatic heterocycles. The number of H-pyrrole nitrogens is 1. The van der Waals surface area contributed by atoms with Crippen molar-refractivity contribution in [3.05, 3.63) is 82.8 Å². The fourth-order valence-electron chi connectivity index (χ4n) is 6.98. The largest absolute Gasteiger partial charge is 0.356 e. The molecule has 204 valence electrons. The molecule has 7 rings (SSSR count). The van der Waals surface area contributed by atoms with Crippen molar-refractivity contribution in [1.29, 1.82) is 0 Å². The molecule has 5 heterocycles. The Balaban J connectivity index is 1.19. The number of imidazole rings is 1. The van der Waals surface area contributed by atoms with Gasteiger partial charge in [-0.25, -0.2) is 14.4 Å². The Kier molecular flexibility index (Phi) is 6.20. The number of aromatic nitrogens is 4. The summed E-state index contributed by atoms with van der Waals surface area (Å²) in [6.45, 7) is 4.33. The van der Waals surface area contributed by atoms with Gasteiger partial charge in [-0.05, 0) is 68.3 Å². The number of likely N-dealkylation sites (tertiary alicyclic amines) is 1. The average Bonchev–Trinajstić information content (AvgIpc) is 3.67. The zero-order valence-electron chi connectivity index (χ0n) is 22.8. The molecule has 1 saturated carbocycles. The van der Waals surface area contributed by atoms with E-state index in [-0.39, 0.29) is 12.5 Å². The third-order valence-electron chi connectivity index (χ3n) is 8.76. The monoisotopic (exact) mass is 536 g/mol. The molecule has 7 nitrogen and oxygen atoms in total. The van der Waals surface area contributed by atoms with Crippen LogP contribution in [0.5, 0.6) is 0 Å². The number of carbonyl (C=O) groups is 1. The number of para-hydroxylation sites is 1. The first-order valence-electron chi connectivity index (χ1n) is 14.2. The van der Waals surface area contributed by atoms with Crippen LogP contribution in [0.15, 0.2) is 48.7 Å². The second-order valence-corrected chi connectivity index (χ2v) is 11.7. The Morgan fingerprint density at radius 1 is 1.15 bits per heavy atom. The standard InChI is InChI=1S/C32H33FN6O/c1-19-11-20(7-10-26-22-8-9-23(26)17-38(2)16-22)12-29(35-19)32(40)37-30(28-13-21-5-3-4-6-27(21)36-28)31-34-15-25-14-24(33)18-39(25)31/h3-6,11-13,15,22-24,26,30,36H,8-9,14,16-18H2,1-2H3,(H,37,40)/t22-,23+,24-,26?,30?/m0/s1. The second-order valence-electron chi connectivity index (χ2n) is 11.7. The highest BCUT2D eigenvalue weighted by atomic mass is 19.1. The van der Waals surface area contributed by atoms with Gasteiger partial charge in [0.2, 0.25) is 0 Å². The van der Waals surface area contributed by atoms with Crippen LogP contribution < -0.4 is 5.32 Å². The number of nitrogens with zero attached hydrogens (tertiary/aromatic N) is 4. The Morgan fingerprint density at radius 3 is 2.75 bits per heavy atom. The minimum Gasteiger partial charge on any atom is -0.356 e. The van der Waals surface area contributed by atoms with Crippen LogP contribution in [-0.4, -0.2) is 56.6 Å². The maximum absolute atomic E-state index is 14.3. The summed E-state index contributed by atoms with van der Waals surface area (Å²) in [5.74, 6) is 8.90. The number of alkyl halides is 1. The number of nitrogens with one attached hydrogen (secondary N) is 2. The van der Waals surface area contributed by atoms with E-state index >= 15 is 0 Å². The lowest BCUT2D eigenvalue weighted by Gasteiger charge is -2.33. The van der Waals surface area contributed by atoms with Gasteiger partial charge < -0.3 is 19.8 Å². The van der Waals surface area contributed by atoms with Gasteiger partial charge in [0.1, 0.15) is 23.7 Å². The molecule has 2 fully saturated rings. The molecule has 2 bridgehead atoms. The highest BCUT2D eigenvalue weighted by Crippen LogP contribution is 2.41. The Hall–Kier alpha value is -3.96. The van der Waals surface area contributed by atoms with E-state index in [0.29, 0.717) is 35.7 Å². The summed E-state index contributed by atoms with van der Waals surface area (Å²) < 4.78 is 16.2. The first kappa shape index (κ1) is 25.0. The molecule has 3 aliphatic rings. The number of piperidine rings is 1. The summed E-state index contributed by atoms with van der Waals surface area (Å²) in [5.41, 5.74) is 4.45. The van der Waals surface area contributed by atoms with Crippen molar-refractivity contribution in [1.82, 2.24) is 29.7 Å². The maximum Gasteiger partial charge on any atom is 0.270 e. The first-order chi connectivity index (χ1) is 19.4. The Morgan fingerprint density at radius 2 is 1.95 bits per heavy atom. The number of halogens is 1. The second kappa shape index (κ2) is 9.90. The molecule has 8 heteroatoms. The van der Waals surface area contributed by atoms with E-state index in [2.05, 4.69) is 44.1 Å². The van der Waals surface area contributed by atoms with Crippen molar-refractivity contribution in [2.45, 2.75) is 44.9 Å². The van der Waals surface area contributed by atoms with E-state index in [1.165, 1.54) is 12.8 Å². The summed E-state index contributed by atoms with van der Waals surface area (Å²) in [5, 5.41) is 4.18. The smallest absolute Gasteiger partial charge is 0.270 e. The summed E-state index contributed by atoms with van der Waals surface area (Å²) in [6.07, 6.45) is 3.59. The molecular formula is C32H33FN6O. The molecule has 5 atom stereocenters. The number of aryl methyl sites for hydroxylation is 1. The normalized spacial score (nSPS) is 24.5. The van der Waals surface area contributed by atoms with Crippen molar-refractivity contribution in [3.8, 4) is 11.8 Å². The van der Waals surface area contributed by atoms with E-state index in [9.17, 15) is 9.18 Å². The number of amides is 1. The van der Waals surface area contributed by atoms with Crippen LogP contribution in [0.3, 0.4) is 0 Å². The first-order valence-corrected chi connectivity index (χ1v) is 14.2. The summed E-state index contributed by atoms with van der Waals surface area (Å²) >= 11 is 0. The minimum absolute atomic E-state index is 0.235. The SMILES string of the molecule is Cc1cc(C#CC2[C@@H]3CC[C@H]2CN(C)C3)cc(C(=O)NC(c2cc3ccccc3[nH]2)c2ncc3n2C[C@@H](F)C3)n1. The van der Waals surface area contributed by atoms with Crippen LogP contribution in [0.4, 0.5) is 4.39 Å². The quantitative estimate of drug-likeness (QED) is 0.379. The number of benzene rings is 1. The van der Waals surface area contributed by atoms with Gasteiger partial charge in [0.25, 0.3) is 5.91 Å². The van der Waals surface area contributed by atoms with Gasteiger partial charge in [0, 0.05) is 59.8 Å². The number of hydrogen-bond donors (Lipinski definition) is 2. The number of hydrogen-bond acceptors (Lipinski definition) is 4. The van der Waals surface area contributed by atoms with E-state index in [0.717, 1.165) is 46.6 Å². The minimum atomic E-state index is -0.949. The zero-order valence-corrected chi connectivity index (χ0v) is 22.8. The number of pyridine rings is 1. The van der Waals surface area contributed by atoms with Crippen molar-refractivity contribution < 1.29 is 9.18 Å². The van der Waals surface area contributed by atoms with Gasteiger partial charge in [0.05, 0.1) is 6.54 Å². The Labute approximate surface area is 233 Å². The van der Waals surface area contributed by atoms with Gasteiger partial charge >= 0.3 is 0 Å². The molecule has 2 N–H and O–H groups in total. The van der Waals surface area contributed by atoms with Gasteiger partial charge in [-0.3, -0.25) is 4.79 Å². The molecule has 40 heavy (non-hydrogen) atoms. The van der Waals surface area contributed by atoms with Crippen molar-refractivity contribution in [2.75, 3.05) is 20.1 Å². The number of rotatable bonds is 4. The lowest BCUT2D eigenvalue weighted by atomic mass is 9.85. The fourth-order valence-corrected chi connectivity index (χ4v) is 6.98. The maximum atomic E-state index is 14.3. The van der Waals surface area contributed by atoms with E-state index in [1.807, 2.05) is 47.9 Å². The topological polar surface area (TPSA) is 78.8 Å². The van der Waals surface area contributed by atoms with Crippen LogP contribution in [0.1, 0.15) is 57.8 Å². The molecular weight excluding hydrogens is 503 g/mol. The van der Waals surface area contributed by atoms with Gasteiger partial charge in [-0.1, -0.05) is 30.0 Å². The third-order valence-corrected chi connectivity index (χ3v) is 8.76. The molecule has 1 amide bonds. The summed E-state index contributed by atoms with van der Waals surface area (Å²) in [7, 11) is 2.20. The lowest BCUT2D eigenvalue weighted by molar-refractivity contribution is 0.0935. The van der Waals surface area contributed by atoms with Gasteiger partial charge in [0.15, 0.2) is 0 Å². The molecule has 2 unspecified atom stereocenters. The van der Waals surface area contributed by atoms with Crippen molar-refractivity contribution in [2.24, 2.45) is 17.8 Å². The van der Waals surface area contributed by atoms with Crippen molar-refractivity contribution >= 4 is 16.8 Å². The molecule has 1 saturated heterocycles. The molecule has 1 aliphatic carbocycles. The van der Waals surface area contributed by atoms with E-state index in [4.69, 9.17) is 0 Å². The number of fused-ring (bicyclic) bond motifs is 4. The van der Waals surface area contributed by atoms with Crippen LogP contribution in [0.25, 0.3) is 10.9 Å². The zero-order chi connectivity index (χ0) is 27.4.